The van der Waals surface area contributed by atoms with Gasteiger partial charge in [-0.2, -0.15) is 0 Å². The summed E-state index contributed by atoms with van der Waals surface area (Å²) in [6.07, 6.45) is 1.17. The predicted octanol–water partition coefficient (Wildman–Crippen LogP) is 2.70. The molecule has 0 saturated carbocycles. The van der Waals surface area contributed by atoms with Gasteiger partial charge in [-0.1, -0.05) is 36.8 Å². The van der Waals surface area contributed by atoms with Crippen molar-refractivity contribution in [3.63, 3.8) is 0 Å². The predicted molar refractivity (Wildman–Crippen MR) is 74.9 cm³/mol. The zero-order valence-corrected chi connectivity index (χ0v) is 11.9. The number of aryl methyl sites for hydroxylation is 1. The summed E-state index contributed by atoms with van der Waals surface area (Å²) in [6, 6.07) is 9.06. The topological polar surface area (TPSA) is 30.5 Å². The molecular formula is C15H25NO2. The fourth-order valence-corrected chi connectivity index (χ4v) is 1.97. The lowest BCUT2D eigenvalue weighted by atomic mass is 10.0. The summed E-state index contributed by atoms with van der Waals surface area (Å²) >= 11 is 0. The third-order valence-electron chi connectivity index (χ3n) is 3.17. The van der Waals surface area contributed by atoms with Gasteiger partial charge in [-0.3, -0.25) is 0 Å². The van der Waals surface area contributed by atoms with Crippen LogP contribution in [-0.4, -0.2) is 33.5 Å². The van der Waals surface area contributed by atoms with Crippen LogP contribution in [0, 0.1) is 6.92 Å². The summed E-state index contributed by atoms with van der Waals surface area (Å²) in [5.41, 5.74) is 2.62. The Morgan fingerprint density at radius 3 is 2.33 bits per heavy atom. The molecule has 1 aromatic rings. The number of methoxy groups -OCH3 is 2. The zero-order chi connectivity index (χ0) is 13.4. The normalized spacial score (nSPS) is 14.4. The van der Waals surface area contributed by atoms with E-state index in [9.17, 15) is 0 Å². The SMILES string of the molecule is CCC(NCC(COC)OC)c1ccc(C)cc1. The van der Waals surface area contributed by atoms with E-state index in [1.807, 2.05) is 0 Å². The number of hydrogen-bond acceptors (Lipinski definition) is 3. The average Bonchev–Trinajstić information content (AvgIpc) is 2.40. The van der Waals surface area contributed by atoms with Crippen molar-refractivity contribution in [1.29, 1.82) is 0 Å². The van der Waals surface area contributed by atoms with Crippen LogP contribution in [0.5, 0.6) is 0 Å². The lowest BCUT2D eigenvalue weighted by Gasteiger charge is -2.21. The van der Waals surface area contributed by atoms with Crippen molar-refractivity contribution < 1.29 is 9.47 Å². The van der Waals surface area contributed by atoms with E-state index in [1.54, 1.807) is 14.2 Å². The van der Waals surface area contributed by atoms with Crippen LogP contribution in [0.1, 0.15) is 30.5 Å². The molecule has 0 aliphatic rings. The Bertz CT molecular complexity index is 324. The molecule has 2 atom stereocenters. The van der Waals surface area contributed by atoms with Gasteiger partial charge in [0.05, 0.1) is 12.7 Å². The minimum Gasteiger partial charge on any atom is -0.382 e. The minimum absolute atomic E-state index is 0.106. The molecule has 18 heavy (non-hydrogen) atoms. The van der Waals surface area contributed by atoms with Crippen LogP contribution < -0.4 is 5.32 Å². The smallest absolute Gasteiger partial charge is 0.0928 e. The maximum absolute atomic E-state index is 5.35. The third-order valence-corrected chi connectivity index (χ3v) is 3.17. The Hall–Kier alpha value is -0.900. The van der Waals surface area contributed by atoms with Gasteiger partial charge in [-0.05, 0) is 18.9 Å². The second-order valence-electron chi connectivity index (χ2n) is 4.59. The Kier molecular flexibility index (Phi) is 6.94. The van der Waals surface area contributed by atoms with Crippen LogP contribution in [0.3, 0.4) is 0 Å². The molecule has 3 nitrogen and oxygen atoms in total. The number of benzene rings is 1. The first kappa shape index (κ1) is 15.2. The molecule has 0 aliphatic carbocycles. The van der Waals surface area contributed by atoms with Crippen LogP contribution >= 0.6 is 0 Å². The molecule has 0 heterocycles. The standard InChI is InChI=1S/C15H25NO2/c1-5-15(13-8-6-12(2)7-9-13)16-10-14(18-4)11-17-3/h6-9,14-16H,5,10-11H2,1-4H3. The van der Waals surface area contributed by atoms with Gasteiger partial charge in [-0.15, -0.1) is 0 Å². The van der Waals surface area contributed by atoms with Crippen LogP contribution in [0.2, 0.25) is 0 Å². The van der Waals surface area contributed by atoms with Gasteiger partial charge in [0.25, 0.3) is 0 Å². The van der Waals surface area contributed by atoms with Gasteiger partial charge >= 0.3 is 0 Å². The van der Waals surface area contributed by atoms with E-state index < -0.39 is 0 Å². The van der Waals surface area contributed by atoms with Crippen molar-refractivity contribution in [3.8, 4) is 0 Å². The van der Waals surface area contributed by atoms with Crippen molar-refractivity contribution in [2.75, 3.05) is 27.4 Å². The molecular weight excluding hydrogens is 226 g/mol. The van der Waals surface area contributed by atoms with Crippen molar-refractivity contribution in [1.82, 2.24) is 5.32 Å². The Morgan fingerprint density at radius 2 is 1.83 bits per heavy atom. The highest BCUT2D eigenvalue weighted by molar-refractivity contribution is 5.24. The monoisotopic (exact) mass is 251 g/mol. The summed E-state index contributed by atoms with van der Waals surface area (Å²) in [7, 11) is 3.42. The summed E-state index contributed by atoms with van der Waals surface area (Å²) in [5, 5.41) is 3.54. The van der Waals surface area contributed by atoms with E-state index in [-0.39, 0.29) is 6.10 Å². The molecule has 0 aliphatic heterocycles. The molecule has 102 valence electrons. The Balaban J connectivity index is 2.53. The molecule has 3 heteroatoms. The van der Waals surface area contributed by atoms with Gasteiger partial charge < -0.3 is 14.8 Å². The molecule has 0 radical (unpaired) electrons. The number of rotatable bonds is 8. The van der Waals surface area contributed by atoms with Crippen LogP contribution in [0.25, 0.3) is 0 Å². The maximum atomic E-state index is 5.35. The third kappa shape index (κ3) is 4.77. The summed E-state index contributed by atoms with van der Waals surface area (Å²) < 4.78 is 10.5. The molecule has 0 amide bonds. The first-order chi connectivity index (χ1) is 8.71. The highest BCUT2D eigenvalue weighted by atomic mass is 16.5. The van der Waals surface area contributed by atoms with Crippen LogP contribution in [-0.2, 0) is 9.47 Å². The molecule has 0 spiro atoms. The number of hydrogen-bond donors (Lipinski definition) is 1. The van der Waals surface area contributed by atoms with E-state index in [0.29, 0.717) is 12.6 Å². The van der Waals surface area contributed by atoms with Gasteiger partial charge in [0.15, 0.2) is 0 Å². The molecule has 0 aromatic heterocycles. The van der Waals surface area contributed by atoms with Crippen molar-refractivity contribution in [2.24, 2.45) is 0 Å². The number of nitrogens with one attached hydrogen (secondary N) is 1. The quantitative estimate of drug-likeness (QED) is 0.770. The van der Waals surface area contributed by atoms with Crippen molar-refractivity contribution >= 4 is 0 Å². The second kappa shape index (κ2) is 8.25. The molecule has 0 fully saturated rings. The van der Waals surface area contributed by atoms with Crippen molar-refractivity contribution in [3.05, 3.63) is 35.4 Å². The second-order valence-corrected chi connectivity index (χ2v) is 4.59. The molecule has 1 N–H and O–H groups in total. The highest BCUT2D eigenvalue weighted by Gasteiger charge is 2.12. The van der Waals surface area contributed by atoms with Gasteiger partial charge in [0.2, 0.25) is 0 Å². The van der Waals surface area contributed by atoms with Crippen LogP contribution in [0.4, 0.5) is 0 Å². The van der Waals surface area contributed by atoms with Gasteiger partial charge in [-0.25, -0.2) is 0 Å². The van der Waals surface area contributed by atoms with Crippen molar-refractivity contribution in [2.45, 2.75) is 32.4 Å². The largest absolute Gasteiger partial charge is 0.382 e. The molecule has 2 unspecified atom stereocenters. The van der Waals surface area contributed by atoms with Gasteiger partial charge in [0.1, 0.15) is 0 Å². The van der Waals surface area contributed by atoms with E-state index in [2.05, 4.69) is 43.4 Å². The average molecular weight is 251 g/mol. The molecule has 1 rings (SSSR count). The fraction of sp³-hybridized carbons (Fsp3) is 0.600. The lowest BCUT2D eigenvalue weighted by Crippen LogP contribution is -2.34. The molecule has 0 bridgehead atoms. The Morgan fingerprint density at radius 1 is 1.17 bits per heavy atom. The number of ether oxygens (including phenoxy) is 2. The van der Waals surface area contributed by atoms with Gasteiger partial charge in [0, 0.05) is 26.8 Å². The highest BCUT2D eigenvalue weighted by Crippen LogP contribution is 2.17. The minimum atomic E-state index is 0.106. The lowest BCUT2D eigenvalue weighted by molar-refractivity contribution is 0.0272. The van der Waals surface area contributed by atoms with E-state index >= 15 is 0 Å². The summed E-state index contributed by atoms with van der Waals surface area (Å²) in [6.45, 7) is 5.72. The maximum Gasteiger partial charge on any atom is 0.0928 e. The summed E-state index contributed by atoms with van der Waals surface area (Å²) in [4.78, 5) is 0. The first-order valence-electron chi connectivity index (χ1n) is 6.52. The molecule has 0 saturated heterocycles. The first-order valence-corrected chi connectivity index (χ1v) is 6.52. The summed E-state index contributed by atoms with van der Waals surface area (Å²) in [5.74, 6) is 0. The fourth-order valence-electron chi connectivity index (χ4n) is 1.97. The van der Waals surface area contributed by atoms with E-state index in [0.717, 1.165) is 13.0 Å². The molecule has 1 aromatic carbocycles. The Labute approximate surface area is 110 Å². The van der Waals surface area contributed by atoms with Crippen LogP contribution in [0.15, 0.2) is 24.3 Å². The zero-order valence-electron chi connectivity index (χ0n) is 11.9. The van der Waals surface area contributed by atoms with E-state index in [1.165, 1.54) is 11.1 Å². The van der Waals surface area contributed by atoms with E-state index in [4.69, 9.17) is 9.47 Å².